The summed E-state index contributed by atoms with van der Waals surface area (Å²) in [5, 5.41) is 14.6. The summed E-state index contributed by atoms with van der Waals surface area (Å²) < 4.78 is 5.76. The van der Waals surface area contributed by atoms with Gasteiger partial charge in [-0.15, -0.1) is 0 Å². The lowest BCUT2D eigenvalue weighted by Gasteiger charge is -2.09. The molecule has 1 atom stereocenters. The number of aliphatic hydroxyl groups is 1. The first-order valence-corrected chi connectivity index (χ1v) is 9.03. The zero-order valence-electron chi connectivity index (χ0n) is 15.0. The molecule has 0 spiro atoms. The molecule has 0 saturated carbocycles. The van der Waals surface area contributed by atoms with Gasteiger partial charge >= 0.3 is 0 Å². The monoisotopic (exact) mass is 394 g/mol. The Morgan fingerprint density at radius 2 is 1.82 bits per heavy atom. The van der Waals surface area contributed by atoms with E-state index in [0.717, 1.165) is 11.1 Å². The van der Waals surface area contributed by atoms with E-state index >= 15 is 0 Å². The molecule has 3 aromatic rings. The number of carbonyl (C=O) groups is 1. The Hall–Kier alpha value is -3.15. The third-order valence-electron chi connectivity index (χ3n) is 3.96. The van der Waals surface area contributed by atoms with E-state index < -0.39 is 12.0 Å². The Morgan fingerprint density at radius 1 is 1.07 bits per heavy atom. The van der Waals surface area contributed by atoms with Crippen LogP contribution < -0.4 is 10.2 Å². The summed E-state index contributed by atoms with van der Waals surface area (Å²) in [7, 11) is 0. The van der Waals surface area contributed by atoms with Crippen LogP contribution in [0.1, 0.15) is 22.8 Å². The van der Waals surface area contributed by atoms with E-state index in [-0.39, 0.29) is 0 Å². The van der Waals surface area contributed by atoms with Gasteiger partial charge in [0, 0.05) is 10.6 Å². The maximum absolute atomic E-state index is 12.0. The number of nitrogens with one attached hydrogen (secondary N) is 1. The molecule has 0 aliphatic rings. The molecule has 142 valence electrons. The van der Waals surface area contributed by atoms with Crippen molar-refractivity contribution < 1.29 is 14.6 Å². The maximum atomic E-state index is 12.0. The molecule has 0 aliphatic heterocycles. The highest BCUT2D eigenvalue weighted by molar-refractivity contribution is 6.31. The van der Waals surface area contributed by atoms with Gasteiger partial charge in [0.1, 0.15) is 12.4 Å². The Bertz CT molecular complexity index is 961. The molecule has 3 aromatic carbocycles. The normalized spacial score (nSPS) is 11.9. The standard InChI is InChI=1S/C22H19ClN2O3/c23-20-12-5-4-10-18(20)15-28-19-11-6-7-16(13-19)14-24-25-22(27)21(26)17-8-2-1-3-9-17/h1-14,21,26H,15H2,(H,25,27)/b24-14-/t21-/m0/s1. The minimum Gasteiger partial charge on any atom is -0.489 e. The molecule has 5 nitrogen and oxygen atoms in total. The highest BCUT2D eigenvalue weighted by Gasteiger charge is 2.15. The second-order valence-corrected chi connectivity index (χ2v) is 6.41. The van der Waals surface area contributed by atoms with Gasteiger partial charge in [0.25, 0.3) is 5.91 Å². The van der Waals surface area contributed by atoms with Crippen molar-refractivity contribution >= 4 is 23.7 Å². The number of ether oxygens (including phenoxy) is 1. The van der Waals surface area contributed by atoms with Gasteiger partial charge in [-0.2, -0.15) is 5.10 Å². The molecule has 2 N–H and O–H groups in total. The summed E-state index contributed by atoms with van der Waals surface area (Å²) >= 11 is 6.13. The van der Waals surface area contributed by atoms with Gasteiger partial charge in [0.05, 0.1) is 6.21 Å². The van der Waals surface area contributed by atoms with Crippen molar-refractivity contribution in [3.8, 4) is 5.75 Å². The van der Waals surface area contributed by atoms with Crippen molar-refractivity contribution in [1.82, 2.24) is 5.43 Å². The van der Waals surface area contributed by atoms with Gasteiger partial charge in [-0.25, -0.2) is 5.43 Å². The number of carbonyl (C=O) groups excluding carboxylic acids is 1. The third-order valence-corrected chi connectivity index (χ3v) is 4.33. The zero-order valence-corrected chi connectivity index (χ0v) is 15.7. The molecule has 6 heteroatoms. The number of benzene rings is 3. The van der Waals surface area contributed by atoms with E-state index in [0.29, 0.717) is 22.9 Å². The van der Waals surface area contributed by atoms with E-state index in [1.54, 1.807) is 30.3 Å². The van der Waals surface area contributed by atoms with E-state index in [1.165, 1.54) is 6.21 Å². The molecule has 3 rings (SSSR count). The fourth-order valence-corrected chi connectivity index (χ4v) is 2.67. The van der Waals surface area contributed by atoms with E-state index in [1.807, 2.05) is 48.5 Å². The Labute approximate surface area is 168 Å². The van der Waals surface area contributed by atoms with Crippen LogP contribution in [-0.2, 0) is 11.4 Å². The lowest BCUT2D eigenvalue weighted by Crippen LogP contribution is -2.25. The average molecular weight is 395 g/mol. The van der Waals surface area contributed by atoms with Crippen LogP contribution in [0, 0.1) is 0 Å². The number of hydrazone groups is 1. The predicted octanol–water partition coefficient (Wildman–Crippen LogP) is 4.10. The summed E-state index contributed by atoms with van der Waals surface area (Å²) in [5.74, 6) is 0.0492. The molecule has 1 amide bonds. The quantitative estimate of drug-likeness (QED) is 0.468. The van der Waals surface area contributed by atoms with Crippen molar-refractivity contribution in [1.29, 1.82) is 0 Å². The molecular formula is C22H19ClN2O3. The van der Waals surface area contributed by atoms with E-state index in [2.05, 4.69) is 10.5 Å². The molecule has 28 heavy (non-hydrogen) atoms. The summed E-state index contributed by atoms with van der Waals surface area (Å²) in [6.45, 7) is 0.347. The molecule has 0 unspecified atom stereocenters. The SMILES string of the molecule is O=C(N/N=C\c1cccc(OCc2ccccc2Cl)c1)[C@@H](O)c1ccccc1. The fourth-order valence-electron chi connectivity index (χ4n) is 2.48. The lowest BCUT2D eigenvalue weighted by molar-refractivity contribution is -0.129. The van der Waals surface area contributed by atoms with Crippen molar-refractivity contribution in [2.24, 2.45) is 5.10 Å². The first-order valence-electron chi connectivity index (χ1n) is 8.65. The topological polar surface area (TPSA) is 70.9 Å². The second kappa shape index (κ2) is 9.69. The van der Waals surface area contributed by atoms with Gasteiger partial charge in [-0.05, 0) is 29.3 Å². The summed E-state index contributed by atoms with van der Waals surface area (Å²) in [5.41, 5.74) is 4.48. The third kappa shape index (κ3) is 5.42. The van der Waals surface area contributed by atoms with Gasteiger partial charge in [-0.1, -0.05) is 72.3 Å². The van der Waals surface area contributed by atoms with Crippen LogP contribution in [0.25, 0.3) is 0 Å². The largest absolute Gasteiger partial charge is 0.489 e. The van der Waals surface area contributed by atoms with Crippen LogP contribution in [0.15, 0.2) is 84.0 Å². The van der Waals surface area contributed by atoms with Gasteiger partial charge in [-0.3, -0.25) is 4.79 Å². The van der Waals surface area contributed by atoms with Crippen molar-refractivity contribution in [3.05, 3.63) is 101 Å². The minimum absolute atomic E-state index is 0.347. The predicted molar refractivity (Wildman–Crippen MR) is 109 cm³/mol. The molecule has 0 aliphatic carbocycles. The highest BCUT2D eigenvalue weighted by Crippen LogP contribution is 2.19. The molecule has 0 heterocycles. The van der Waals surface area contributed by atoms with Crippen LogP contribution in [0.5, 0.6) is 5.75 Å². The summed E-state index contributed by atoms with van der Waals surface area (Å²) in [6, 6.07) is 23.4. The number of amides is 1. The van der Waals surface area contributed by atoms with Crippen LogP contribution in [0.2, 0.25) is 5.02 Å². The molecule has 0 radical (unpaired) electrons. The Kier molecular flexibility index (Phi) is 6.78. The van der Waals surface area contributed by atoms with Gasteiger partial charge < -0.3 is 9.84 Å². The number of rotatable bonds is 7. The van der Waals surface area contributed by atoms with Gasteiger partial charge in [0.15, 0.2) is 6.10 Å². The van der Waals surface area contributed by atoms with E-state index in [9.17, 15) is 9.90 Å². The van der Waals surface area contributed by atoms with Crippen LogP contribution in [0.4, 0.5) is 0 Å². The van der Waals surface area contributed by atoms with Crippen molar-refractivity contribution in [2.75, 3.05) is 0 Å². The highest BCUT2D eigenvalue weighted by atomic mass is 35.5. The first kappa shape index (κ1) is 19.6. The Morgan fingerprint density at radius 3 is 2.61 bits per heavy atom. The number of nitrogens with zero attached hydrogens (tertiary/aromatic N) is 1. The average Bonchev–Trinajstić information content (AvgIpc) is 2.73. The lowest BCUT2D eigenvalue weighted by atomic mass is 10.1. The van der Waals surface area contributed by atoms with Crippen LogP contribution in [0.3, 0.4) is 0 Å². The number of aliphatic hydroxyl groups excluding tert-OH is 1. The smallest absolute Gasteiger partial charge is 0.273 e. The second-order valence-electron chi connectivity index (χ2n) is 6.00. The molecule has 0 fully saturated rings. The maximum Gasteiger partial charge on any atom is 0.273 e. The number of hydrogen-bond donors (Lipinski definition) is 2. The molecule has 0 aromatic heterocycles. The summed E-state index contributed by atoms with van der Waals surface area (Å²) in [6.07, 6.45) is 0.210. The van der Waals surface area contributed by atoms with Gasteiger partial charge in [0.2, 0.25) is 0 Å². The molecule has 0 saturated heterocycles. The fraction of sp³-hybridized carbons (Fsp3) is 0.0909. The van der Waals surface area contributed by atoms with Crippen LogP contribution >= 0.6 is 11.6 Å². The minimum atomic E-state index is -1.27. The zero-order chi connectivity index (χ0) is 19.8. The number of halogens is 1. The number of hydrogen-bond acceptors (Lipinski definition) is 4. The summed E-state index contributed by atoms with van der Waals surface area (Å²) in [4.78, 5) is 12.0. The first-order chi connectivity index (χ1) is 13.6. The Balaban J connectivity index is 1.56. The van der Waals surface area contributed by atoms with Crippen LogP contribution in [-0.4, -0.2) is 17.2 Å². The van der Waals surface area contributed by atoms with Crippen molar-refractivity contribution in [3.63, 3.8) is 0 Å². The molecular weight excluding hydrogens is 376 g/mol. The molecule has 0 bridgehead atoms. The van der Waals surface area contributed by atoms with E-state index in [4.69, 9.17) is 16.3 Å². The van der Waals surface area contributed by atoms with Crippen molar-refractivity contribution in [2.45, 2.75) is 12.7 Å².